The average Bonchev–Trinajstić information content (AvgIpc) is 2.89. The van der Waals surface area contributed by atoms with Crippen molar-refractivity contribution in [3.63, 3.8) is 0 Å². The maximum absolute atomic E-state index is 11.8. The minimum Gasteiger partial charge on any atom is -0.396 e. The molecule has 0 aliphatic heterocycles. The average molecular weight is 260 g/mol. The number of aliphatic hydroxyl groups is 1. The van der Waals surface area contributed by atoms with Crippen LogP contribution in [0.2, 0.25) is 0 Å². The number of hydrogen-bond acceptors (Lipinski definition) is 4. The Balaban J connectivity index is 2.07. The van der Waals surface area contributed by atoms with Crippen molar-refractivity contribution < 1.29 is 14.4 Å². The molecule has 1 aromatic carbocycles. The molecular formula is C14H16N2O3. The molecule has 1 heterocycles. The van der Waals surface area contributed by atoms with Crippen LogP contribution in [0.3, 0.4) is 0 Å². The quantitative estimate of drug-likeness (QED) is 0.860. The highest BCUT2D eigenvalue weighted by atomic mass is 16.5. The Kier molecular flexibility index (Phi) is 4.30. The molecule has 1 atom stereocenters. The van der Waals surface area contributed by atoms with Gasteiger partial charge in [-0.3, -0.25) is 4.79 Å². The summed E-state index contributed by atoms with van der Waals surface area (Å²) in [5.41, 5.74) is 1.52. The summed E-state index contributed by atoms with van der Waals surface area (Å²) in [4.78, 5) is 11.8. The second-order valence-electron chi connectivity index (χ2n) is 4.33. The van der Waals surface area contributed by atoms with Gasteiger partial charge in [-0.2, -0.15) is 0 Å². The van der Waals surface area contributed by atoms with Gasteiger partial charge in [-0.1, -0.05) is 35.5 Å². The number of aliphatic hydroxyl groups excluding tert-OH is 1. The summed E-state index contributed by atoms with van der Waals surface area (Å²) in [5.74, 6) is -0.153. The molecule has 0 unspecified atom stereocenters. The van der Waals surface area contributed by atoms with Gasteiger partial charge in [-0.25, -0.2) is 0 Å². The number of nitrogens with one attached hydrogen (secondary N) is 1. The maximum atomic E-state index is 11.8. The summed E-state index contributed by atoms with van der Waals surface area (Å²) >= 11 is 0. The lowest BCUT2D eigenvalue weighted by atomic mass is 10.1. The van der Waals surface area contributed by atoms with E-state index in [0.717, 1.165) is 5.56 Å². The molecule has 0 radical (unpaired) electrons. The van der Waals surface area contributed by atoms with E-state index in [1.165, 1.54) is 0 Å². The van der Waals surface area contributed by atoms with Crippen LogP contribution in [0, 0.1) is 0 Å². The smallest absolute Gasteiger partial charge is 0.290 e. The van der Waals surface area contributed by atoms with E-state index in [-0.39, 0.29) is 24.3 Å². The SMILES string of the molecule is C[C@@H](CCO)NC(=O)c1cc(-c2ccccc2)no1. The van der Waals surface area contributed by atoms with Crippen LogP contribution in [0.1, 0.15) is 23.9 Å². The fourth-order valence-corrected chi connectivity index (χ4v) is 1.69. The van der Waals surface area contributed by atoms with Gasteiger partial charge in [0.1, 0.15) is 5.69 Å². The molecular weight excluding hydrogens is 244 g/mol. The molecule has 5 heteroatoms. The van der Waals surface area contributed by atoms with Crippen molar-refractivity contribution >= 4 is 5.91 Å². The van der Waals surface area contributed by atoms with E-state index in [1.54, 1.807) is 6.07 Å². The highest BCUT2D eigenvalue weighted by Crippen LogP contribution is 2.18. The molecule has 0 aliphatic carbocycles. The minimum atomic E-state index is -0.323. The third-order valence-corrected chi connectivity index (χ3v) is 2.74. The van der Waals surface area contributed by atoms with Crippen LogP contribution in [0.25, 0.3) is 11.3 Å². The summed E-state index contributed by atoms with van der Waals surface area (Å²) in [7, 11) is 0. The number of carbonyl (C=O) groups is 1. The second-order valence-corrected chi connectivity index (χ2v) is 4.33. The van der Waals surface area contributed by atoms with Gasteiger partial charge in [0.05, 0.1) is 0 Å². The fraction of sp³-hybridized carbons (Fsp3) is 0.286. The van der Waals surface area contributed by atoms with Crippen LogP contribution < -0.4 is 5.32 Å². The minimum absolute atomic E-state index is 0.0348. The van der Waals surface area contributed by atoms with Gasteiger partial charge in [0.15, 0.2) is 0 Å². The topological polar surface area (TPSA) is 75.4 Å². The zero-order valence-electron chi connectivity index (χ0n) is 10.7. The molecule has 1 amide bonds. The van der Waals surface area contributed by atoms with Crippen molar-refractivity contribution in [3.05, 3.63) is 42.2 Å². The maximum Gasteiger partial charge on any atom is 0.290 e. The van der Waals surface area contributed by atoms with Crippen molar-refractivity contribution in [1.82, 2.24) is 10.5 Å². The van der Waals surface area contributed by atoms with E-state index in [1.807, 2.05) is 37.3 Å². The Morgan fingerprint density at radius 3 is 2.84 bits per heavy atom. The largest absolute Gasteiger partial charge is 0.396 e. The van der Waals surface area contributed by atoms with Crippen LogP contribution in [-0.2, 0) is 0 Å². The Morgan fingerprint density at radius 2 is 2.16 bits per heavy atom. The standard InChI is InChI=1S/C14H16N2O3/c1-10(7-8-17)15-14(18)13-9-12(16-19-13)11-5-3-2-4-6-11/h2-6,9-10,17H,7-8H2,1H3,(H,15,18)/t10-/m0/s1. The summed E-state index contributed by atoms with van der Waals surface area (Å²) in [6, 6.07) is 11.0. The Hall–Kier alpha value is -2.14. The number of rotatable bonds is 5. The summed E-state index contributed by atoms with van der Waals surface area (Å²) in [6.07, 6.45) is 0.505. The molecule has 5 nitrogen and oxygen atoms in total. The van der Waals surface area contributed by atoms with Crippen molar-refractivity contribution in [3.8, 4) is 11.3 Å². The highest BCUT2D eigenvalue weighted by Gasteiger charge is 2.15. The van der Waals surface area contributed by atoms with E-state index in [2.05, 4.69) is 10.5 Å². The van der Waals surface area contributed by atoms with Crippen molar-refractivity contribution in [2.75, 3.05) is 6.61 Å². The van der Waals surface area contributed by atoms with Crippen LogP contribution in [0.4, 0.5) is 0 Å². The van der Waals surface area contributed by atoms with Gasteiger partial charge in [0, 0.05) is 24.3 Å². The molecule has 19 heavy (non-hydrogen) atoms. The monoisotopic (exact) mass is 260 g/mol. The molecule has 1 aromatic heterocycles. The number of benzene rings is 1. The summed E-state index contributed by atoms with van der Waals surface area (Å²) in [6.45, 7) is 1.86. The van der Waals surface area contributed by atoms with Crippen molar-refractivity contribution in [2.45, 2.75) is 19.4 Å². The number of amides is 1. The van der Waals surface area contributed by atoms with E-state index in [0.29, 0.717) is 12.1 Å². The fourth-order valence-electron chi connectivity index (χ4n) is 1.69. The molecule has 2 aromatic rings. The number of aromatic nitrogens is 1. The van der Waals surface area contributed by atoms with E-state index < -0.39 is 0 Å². The van der Waals surface area contributed by atoms with Crippen LogP contribution >= 0.6 is 0 Å². The Morgan fingerprint density at radius 1 is 1.42 bits per heavy atom. The number of nitrogens with zero attached hydrogens (tertiary/aromatic N) is 1. The highest BCUT2D eigenvalue weighted by molar-refractivity contribution is 5.92. The van der Waals surface area contributed by atoms with Gasteiger partial charge in [0.25, 0.3) is 5.91 Å². The number of hydrogen-bond donors (Lipinski definition) is 2. The molecule has 2 N–H and O–H groups in total. The lowest BCUT2D eigenvalue weighted by molar-refractivity contribution is 0.0897. The van der Waals surface area contributed by atoms with Gasteiger partial charge in [-0.05, 0) is 13.3 Å². The first kappa shape index (κ1) is 13.3. The predicted molar refractivity (Wildman–Crippen MR) is 70.6 cm³/mol. The van der Waals surface area contributed by atoms with Gasteiger partial charge >= 0.3 is 0 Å². The molecule has 2 rings (SSSR count). The van der Waals surface area contributed by atoms with E-state index in [4.69, 9.17) is 9.63 Å². The molecule has 100 valence electrons. The third kappa shape index (κ3) is 3.42. The first-order valence-corrected chi connectivity index (χ1v) is 6.14. The zero-order chi connectivity index (χ0) is 13.7. The Bertz CT molecular complexity index is 537. The van der Waals surface area contributed by atoms with Crippen molar-refractivity contribution in [1.29, 1.82) is 0 Å². The van der Waals surface area contributed by atoms with Gasteiger partial charge < -0.3 is 14.9 Å². The molecule has 0 spiro atoms. The molecule has 0 fully saturated rings. The lowest BCUT2D eigenvalue weighted by Gasteiger charge is -2.09. The first-order chi connectivity index (χ1) is 9.20. The molecule has 0 bridgehead atoms. The van der Waals surface area contributed by atoms with Crippen LogP contribution in [0.5, 0.6) is 0 Å². The molecule has 0 saturated heterocycles. The van der Waals surface area contributed by atoms with Crippen LogP contribution in [-0.4, -0.2) is 28.8 Å². The van der Waals surface area contributed by atoms with Gasteiger partial charge in [0.2, 0.25) is 5.76 Å². The van der Waals surface area contributed by atoms with Crippen molar-refractivity contribution in [2.24, 2.45) is 0 Å². The second kappa shape index (κ2) is 6.15. The zero-order valence-corrected chi connectivity index (χ0v) is 10.7. The molecule has 0 saturated carbocycles. The summed E-state index contributed by atoms with van der Waals surface area (Å²) < 4.78 is 5.04. The first-order valence-electron chi connectivity index (χ1n) is 6.14. The van der Waals surface area contributed by atoms with E-state index >= 15 is 0 Å². The number of carbonyl (C=O) groups excluding carboxylic acids is 1. The predicted octanol–water partition coefficient (Wildman–Crippen LogP) is 1.84. The van der Waals surface area contributed by atoms with Gasteiger partial charge in [-0.15, -0.1) is 0 Å². The normalized spacial score (nSPS) is 12.1. The van der Waals surface area contributed by atoms with E-state index in [9.17, 15) is 4.79 Å². The van der Waals surface area contributed by atoms with Crippen LogP contribution in [0.15, 0.2) is 40.9 Å². The third-order valence-electron chi connectivity index (χ3n) is 2.74. The lowest BCUT2D eigenvalue weighted by Crippen LogP contribution is -2.32. The summed E-state index contributed by atoms with van der Waals surface area (Å²) in [5, 5.41) is 15.4. The Labute approximate surface area is 111 Å². The molecule has 0 aliphatic rings.